The van der Waals surface area contributed by atoms with E-state index in [1.807, 2.05) is 0 Å². The van der Waals surface area contributed by atoms with Crippen molar-refractivity contribution < 1.29 is 33.9 Å². The number of allylic oxidation sites excluding steroid dienone is 3. The summed E-state index contributed by atoms with van der Waals surface area (Å²) in [6.45, 7) is 3.62. The van der Waals surface area contributed by atoms with E-state index in [2.05, 4.69) is 6.58 Å². The fourth-order valence-electron chi connectivity index (χ4n) is 2.04. The van der Waals surface area contributed by atoms with Gasteiger partial charge in [0.2, 0.25) is 0 Å². The molecule has 1 atom stereocenters. The molecule has 1 saturated heterocycles. The highest BCUT2D eigenvalue weighted by Gasteiger charge is 2.33. The second kappa shape index (κ2) is 11.3. The largest absolute Gasteiger partial charge is 0.438 e. The molecule has 2 amide bonds. The summed E-state index contributed by atoms with van der Waals surface area (Å²) >= 11 is 1.50. The summed E-state index contributed by atoms with van der Waals surface area (Å²) in [4.78, 5) is 47.1. The van der Waals surface area contributed by atoms with Gasteiger partial charge in [-0.25, -0.2) is 4.79 Å². The van der Waals surface area contributed by atoms with Crippen LogP contribution in [0.3, 0.4) is 0 Å². The van der Waals surface area contributed by atoms with Crippen LogP contribution in [-0.2, 0) is 14.2 Å². The summed E-state index contributed by atoms with van der Waals surface area (Å²) in [5.74, 6) is 0.697. The quantitative estimate of drug-likeness (QED) is 0.278. The minimum atomic E-state index is -3.96. The summed E-state index contributed by atoms with van der Waals surface area (Å²) in [6.07, 6.45) is 5.13. The molecule has 0 aromatic rings. The van der Waals surface area contributed by atoms with Crippen LogP contribution in [0.15, 0.2) is 36.6 Å². The van der Waals surface area contributed by atoms with Crippen LogP contribution in [-0.4, -0.2) is 67.8 Å². The normalized spacial score (nSPS) is 18.2. The number of carbonyl (C=O) groups excluding carboxylic acids is 2. The van der Waals surface area contributed by atoms with Crippen molar-refractivity contribution in [1.29, 1.82) is 0 Å². The molecule has 27 heavy (non-hydrogen) atoms. The lowest BCUT2D eigenvalue weighted by molar-refractivity contribution is -0.192. The van der Waals surface area contributed by atoms with Crippen LogP contribution >= 0.6 is 19.4 Å². The molecule has 0 spiro atoms. The summed E-state index contributed by atoms with van der Waals surface area (Å²) in [7, 11) is -2.51. The van der Waals surface area contributed by atoms with Crippen LogP contribution in [0.4, 0.5) is 4.79 Å². The molecule has 0 aromatic heterocycles. The molecule has 0 radical (unpaired) electrons. The second-order valence-corrected chi connectivity index (χ2v) is 8.68. The van der Waals surface area contributed by atoms with E-state index >= 15 is 0 Å². The van der Waals surface area contributed by atoms with Crippen molar-refractivity contribution in [1.82, 2.24) is 9.96 Å². The van der Waals surface area contributed by atoms with E-state index in [1.165, 1.54) is 25.0 Å². The fourth-order valence-corrected chi connectivity index (χ4v) is 3.75. The van der Waals surface area contributed by atoms with Gasteiger partial charge in [0.15, 0.2) is 6.23 Å². The molecule has 11 heteroatoms. The van der Waals surface area contributed by atoms with Gasteiger partial charge in [-0.15, -0.1) is 5.06 Å². The molecule has 0 aliphatic carbocycles. The number of hydrogen-bond donors (Lipinski definition) is 3. The van der Waals surface area contributed by atoms with E-state index in [-0.39, 0.29) is 19.0 Å². The molecule has 1 unspecified atom stereocenters. The third-order valence-electron chi connectivity index (χ3n) is 3.45. The molecule has 1 aliphatic heterocycles. The van der Waals surface area contributed by atoms with E-state index in [0.717, 1.165) is 10.5 Å². The van der Waals surface area contributed by atoms with Crippen molar-refractivity contribution in [2.24, 2.45) is 0 Å². The molecule has 3 N–H and O–H groups in total. The van der Waals surface area contributed by atoms with Gasteiger partial charge in [0.05, 0.1) is 6.16 Å². The van der Waals surface area contributed by atoms with Crippen LogP contribution in [0.5, 0.6) is 0 Å². The van der Waals surface area contributed by atoms with Gasteiger partial charge >= 0.3 is 13.7 Å². The van der Waals surface area contributed by atoms with Gasteiger partial charge in [-0.3, -0.25) is 14.3 Å². The summed E-state index contributed by atoms with van der Waals surface area (Å²) in [5, 5.41) is 10.3. The molecule has 1 heterocycles. The van der Waals surface area contributed by atoms with Crippen molar-refractivity contribution in [3.8, 4) is 0 Å². The Balaban J connectivity index is 2.48. The third-order valence-corrected chi connectivity index (χ3v) is 5.46. The van der Waals surface area contributed by atoms with Crippen LogP contribution < -0.4 is 0 Å². The van der Waals surface area contributed by atoms with E-state index < -0.39 is 25.8 Å². The van der Waals surface area contributed by atoms with Crippen LogP contribution in [0.25, 0.3) is 0 Å². The summed E-state index contributed by atoms with van der Waals surface area (Å²) in [6, 6.07) is 0. The highest BCUT2D eigenvalue weighted by atomic mass is 32.2. The Morgan fingerprint density at radius 1 is 1.52 bits per heavy atom. The Bertz CT molecular complexity index is 647. The first-order chi connectivity index (χ1) is 12.6. The Kier molecular flexibility index (Phi) is 9.82. The molecule has 1 rings (SSSR count). The highest BCUT2D eigenvalue weighted by Crippen LogP contribution is 2.35. The number of nitrogens with zero attached hydrogens (tertiary/aromatic N) is 2. The number of aliphatic hydroxyl groups is 1. The Morgan fingerprint density at radius 3 is 2.78 bits per heavy atom. The number of carbonyl (C=O) groups is 2. The van der Waals surface area contributed by atoms with Crippen LogP contribution in [0.2, 0.25) is 0 Å². The molecule has 1 aliphatic rings. The van der Waals surface area contributed by atoms with Crippen molar-refractivity contribution in [2.45, 2.75) is 25.5 Å². The maximum Gasteiger partial charge on any atom is 0.438 e. The first-order valence-corrected chi connectivity index (χ1v) is 11.2. The minimum absolute atomic E-state index is 0.124. The van der Waals surface area contributed by atoms with Gasteiger partial charge < -0.3 is 19.7 Å². The number of hydrogen-bond acceptors (Lipinski definition) is 6. The van der Waals surface area contributed by atoms with E-state index in [0.29, 0.717) is 23.0 Å². The van der Waals surface area contributed by atoms with Crippen molar-refractivity contribution in [3.63, 3.8) is 0 Å². The smallest absolute Gasteiger partial charge is 0.370 e. The zero-order valence-electron chi connectivity index (χ0n) is 15.1. The number of hydroxylamine groups is 2. The number of amides is 2. The average molecular weight is 420 g/mol. The third kappa shape index (κ3) is 9.25. The lowest BCUT2D eigenvalue weighted by Gasteiger charge is -2.21. The first kappa shape index (κ1) is 23.5. The Hall–Kier alpha value is -1.58. The van der Waals surface area contributed by atoms with Crippen molar-refractivity contribution >= 4 is 31.4 Å². The summed E-state index contributed by atoms with van der Waals surface area (Å²) in [5.41, 5.74) is 0.836. The highest BCUT2D eigenvalue weighted by molar-refractivity contribution is 7.99. The van der Waals surface area contributed by atoms with Gasteiger partial charge in [0.25, 0.3) is 5.91 Å². The first-order valence-electron chi connectivity index (χ1n) is 8.21. The molecule has 0 aromatic carbocycles. The number of aliphatic hydroxyl groups excluding tert-OH is 1. The molecular weight excluding hydrogens is 395 g/mol. The van der Waals surface area contributed by atoms with Gasteiger partial charge in [-0.2, -0.15) is 11.8 Å². The monoisotopic (exact) mass is 420 g/mol. The summed E-state index contributed by atoms with van der Waals surface area (Å²) < 4.78 is 10.8. The second-order valence-electron chi connectivity index (χ2n) is 5.79. The predicted octanol–water partition coefficient (Wildman–Crippen LogP) is 1.84. The standard InChI is InChI=1S/C16H25N2O7PS/c1-3-5-13(12-27-11-4-10-26(22,23)24)8-9-17(2)16(21)25-18-14(19)6-7-15(18)20/h3,5,8-9,14,19H,1,4,6-7,10-12H2,2H3,(H2,22,23,24)/b9-8-,13-5+. The number of thioether (sulfide) groups is 1. The SMILES string of the molecule is C=C/C=C(\C=C/N(C)C(=O)ON1C(=O)CCC1O)CSCCCP(=O)(O)O. The molecule has 152 valence electrons. The fraction of sp³-hybridized carbons (Fsp3) is 0.500. The van der Waals surface area contributed by atoms with Gasteiger partial charge in [0.1, 0.15) is 0 Å². The molecule has 9 nitrogen and oxygen atoms in total. The van der Waals surface area contributed by atoms with E-state index in [9.17, 15) is 19.3 Å². The maximum atomic E-state index is 12.0. The van der Waals surface area contributed by atoms with E-state index in [1.54, 1.807) is 18.2 Å². The molecule has 0 saturated carbocycles. The molecular formula is C16H25N2O7PS. The Labute approximate surface area is 162 Å². The predicted molar refractivity (Wildman–Crippen MR) is 103 cm³/mol. The van der Waals surface area contributed by atoms with E-state index in [4.69, 9.17) is 14.6 Å². The number of rotatable bonds is 10. The van der Waals surface area contributed by atoms with Gasteiger partial charge in [-0.1, -0.05) is 18.7 Å². The van der Waals surface area contributed by atoms with Crippen LogP contribution in [0, 0.1) is 0 Å². The van der Waals surface area contributed by atoms with Crippen molar-refractivity contribution in [3.05, 3.63) is 36.6 Å². The van der Waals surface area contributed by atoms with Gasteiger partial charge in [0, 0.05) is 31.8 Å². The van der Waals surface area contributed by atoms with Crippen molar-refractivity contribution in [2.75, 3.05) is 24.7 Å². The minimum Gasteiger partial charge on any atom is -0.370 e. The lowest BCUT2D eigenvalue weighted by Crippen LogP contribution is -2.38. The lowest BCUT2D eigenvalue weighted by atomic mass is 10.3. The average Bonchev–Trinajstić information content (AvgIpc) is 2.89. The molecule has 0 bridgehead atoms. The van der Waals surface area contributed by atoms with Crippen LogP contribution in [0.1, 0.15) is 19.3 Å². The molecule has 1 fully saturated rings. The van der Waals surface area contributed by atoms with Gasteiger partial charge in [-0.05, 0) is 23.8 Å². The maximum absolute atomic E-state index is 12.0. The zero-order valence-corrected chi connectivity index (χ0v) is 16.8. The zero-order chi connectivity index (χ0) is 20.4. The topological polar surface area (TPSA) is 128 Å². The Morgan fingerprint density at radius 2 is 2.22 bits per heavy atom.